The Hall–Kier alpha value is -2.04. The standard InChI is InChI=1S/C21H31N3O2/c1-2-3-5-11-18-19(17-9-6-4-7-10-17)24(21(26)20(18)25)14-8-13-23-15-12-22-16-23/h9,12,15-16,19,25H,2-8,10-11,13-14H2,1H3. The molecule has 0 aromatic carbocycles. The number of imidazole rings is 1. The Morgan fingerprint density at radius 2 is 2.12 bits per heavy atom. The fraction of sp³-hybridized carbons (Fsp3) is 0.619. The molecule has 1 atom stereocenters. The number of carbonyl (C=O) groups is 1. The Morgan fingerprint density at radius 1 is 1.23 bits per heavy atom. The molecule has 0 bridgehead atoms. The number of hydrogen-bond donors (Lipinski definition) is 1. The van der Waals surface area contributed by atoms with Gasteiger partial charge in [0, 0.05) is 31.1 Å². The third-order valence-corrected chi connectivity index (χ3v) is 5.51. The molecule has 1 aromatic rings. The van der Waals surface area contributed by atoms with Crippen molar-refractivity contribution in [1.29, 1.82) is 0 Å². The van der Waals surface area contributed by atoms with Crippen LogP contribution in [0.3, 0.4) is 0 Å². The second-order valence-electron chi connectivity index (χ2n) is 7.41. The average molecular weight is 357 g/mol. The molecule has 2 heterocycles. The smallest absolute Gasteiger partial charge is 0.289 e. The molecule has 0 fully saturated rings. The Kier molecular flexibility index (Phi) is 6.53. The van der Waals surface area contributed by atoms with E-state index in [9.17, 15) is 9.90 Å². The van der Waals surface area contributed by atoms with Crippen LogP contribution in [0.1, 0.15) is 64.7 Å². The van der Waals surface area contributed by atoms with Crippen LogP contribution in [0.25, 0.3) is 0 Å². The SMILES string of the molecule is CCCCCC1=C(O)C(=O)N(CCCn2ccnc2)C1C1=CCCCC1. The van der Waals surface area contributed by atoms with Gasteiger partial charge in [-0.2, -0.15) is 0 Å². The number of allylic oxidation sites excluding steroid dienone is 1. The fourth-order valence-corrected chi connectivity index (χ4v) is 4.14. The highest BCUT2D eigenvalue weighted by Crippen LogP contribution is 2.36. The van der Waals surface area contributed by atoms with E-state index in [0.717, 1.165) is 57.1 Å². The number of aliphatic hydroxyl groups excluding tert-OH is 1. The van der Waals surface area contributed by atoms with Crippen LogP contribution < -0.4 is 0 Å². The highest BCUT2D eigenvalue weighted by atomic mass is 16.3. The van der Waals surface area contributed by atoms with E-state index in [1.54, 1.807) is 12.5 Å². The zero-order chi connectivity index (χ0) is 18.4. The van der Waals surface area contributed by atoms with E-state index in [4.69, 9.17) is 0 Å². The van der Waals surface area contributed by atoms with E-state index in [1.165, 1.54) is 18.4 Å². The lowest BCUT2D eigenvalue weighted by atomic mass is 9.88. The zero-order valence-electron chi connectivity index (χ0n) is 15.9. The van der Waals surface area contributed by atoms with Crippen LogP contribution in [0, 0.1) is 0 Å². The molecule has 142 valence electrons. The number of aromatic nitrogens is 2. The third kappa shape index (κ3) is 4.19. The van der Waals surface area contributed by atoms with Gasteiger partial charge in [-0.3, -0.25) is 4.79 Å². The Balaban J connectivity index is 1.73. The second kappa shape index (κ2) is 9.06. The summed E-state index contributed by atoms with van der Waals surface area (Å²) in [7, 11) is 0. The molecule has 0 saturated carbocycles. The Bertz CT molecular complexity index is 661. The summed E-state index contributed by atoms with van der Waals surface area (Å²) < 4.78 is 2.03. The van der Waals surface area contributed by atoms with Gasteiger partial charge in [-0.15, -0.1) is 0 Å². The molecule has 1 aromatic heterocycles. The normalized spacial score (nSPS) is 20.8. The molecule has 1 aliphatic heterocycles. The average Bonchev–Trinajstić information content (AvgIpc) is 3.26. The molecule has 2 aliphatic rings. The van der Waals surface area contributed by atoms with Crippen molar-refractivity contribution in [2.24, 2.45) is 0 Å². The predicted octanol–water partition coefficient (Wildman–Crippen LogP) is 4.38. The number of carbonyl (C=O) groups excluding carboxylic acids is 1. The van der Waals surface area contributed by atoms with Crippen LogP contribution >= 0.6 is 0 Å². The van der Waals surface area contributed by atoms with Gasteiger partial charge in [-0.25, -0.2) is 4.98 Å². The molecular weight excluding hydrogens is 326 g/mol. The third-order valence-electron chi connectivity index (χ3n) is 5.51. The van der Waals surface area contributed by atoms with E-state index in [2.05, 4.69) is 18.0 Å². The van der Waals surface area contributed by atoms with Gasteiger partial charge in [-0.05, 0) is 50.5 Å². The number of aliphatic hydroxyl groups is 1. The fourth-order valence-electron chi connectivity index (χ4n) is 4.14. The van der Waals surface area contributed by atoms with Crippen LogP contribution in [0.15, 0.2) is 41.7 Å². The van der Waals surface area contributed by atoms with Gasteiger partial charge < -0.3 is 14.6 Å². The van der Waals surface area contributed by atoms with Gasteiger partial charge in [0.05, 0.1) is 12.4 Å². The van der Waals surface area contributed by atoms with Gasteiger partial charge in [0.15, 0.2) is 5.76 Å². The van der Waals surface area contributed by atoms with Gasteiger partial charge in [0.1, 0.15) is 0 Å². The van der Waals surface area contributed by atoms with Crippen molar-refractivity contribution in [2.75, 3.05) is 6.54 Å². The molecular formula is C21H31N3O2. The first-order chi connectivity index (χ1) is 12.7. The van der Waals surface area contributed by atoms with Crippen molar-refractivity contribution in [1.82, 2.24) is 14.5 Å². The quantitative estimate of drug-likeness (QED) is 0.527. The highest BCUT2D eigenvalue weighted by Gasteiger charge is 2.40. The summed E-state index contributed by atoms with van der Waals surface area (Å²) in [6, 6.07) is -0.0116. The van der Waals surface area contributed by atoms with Crippen molar-refractivity contribution in [3.8, 4) is 0 Å². The molecule has 0 saturated heterocycles. The second-order valence-corrected chi connectivity index (χ2v) is 7.41. The number of nitrogens with zero attached hydrogens (tertiary/aromatic N) is 3. The monoisotopic (exact) mass is 357 g/mol. The maximum Gasteiger partial charge on any atom is 0.289 e. The summed E-state index contributed by atoms with van der Waals surface area (Å²) in [5.41, 5.74) is 2.29. The van der Waals surface area contributed by atoms with Crippen molar-refractivity contribution >= 4 is 5.91 Å². The van der Waals surface area contributed by atoms with E-state index >= 15 is 0 Å². The lowest BCUT2D eigenvalue weighted by Gasteiger charge is -2.31. The lowest BCUT2D eigenvalue weighted by molar-refractivity contribution is -0.129. The summed E-state index contributed by atoms with van der Waals surface area (Å²) in [4.78, 5) is 18.7. The van der Waals surface area contributed by atoms with Crippen molar-refractivity contribution in [3.05, 3.63) is 41.7 Å². The van der Waals surface area contributed by atoms with Gasteiger partial charge in [0.2, 0.25) is 0 Å². The topological polar surface area (TPSA) is 58.4 Å². The molecule has 5 nitrogen and oxygen atoms in total. The minimum absolute atomic E-state index is 0.0116. The van der Waals surface area contributed by atoms with Crippen molar-refractivity contribution in [2.45, 2.75) is 77.3 Å². The van der Waals surface area contributed by atoms with Gasteiger partial charge in [-0.1, -0.05) is 25.8 Å². The summed E-state index contributed by atoms with van der Waals surface area (Å²) in [5.74, 6) is -0.168. The molecule has 5 heteroatoms. The maximum absolute atomic E-state index is 12.8. The molecule has 0 radical (unpaired) electrons. The number of amides is 1. The molecule has 1 aliphatic carbocycles. The van der Waals surface area contributed by atoms with E-state index < -0.39 is 0 Å². The van der Waals surface area contributed by atoms with Crippen LogP contribution in [0.5, 0.6) is 0 Å². The summed E-state index contributed by atoms with van der Waals surface area (Å²) in [6.45, 7) is 3.68. The molecule has 1 N–H and O–H groups in total. The molecule has 0 spiro atoms. The van der Waals surface area contributed by atoms with Crippen LogP contribution in [0.4, 0.5) is 0 Å². The number of aryl methyl sites for hydroxylation is 1. The predicted molar refractivity (Wildman–Crippen MR) is 103 cm³/mol. The van der Waals surface area contributed by atoms with E-state index in [1.807, 2.05) is 15.7 Å². The molecule has 26 heavy (non-hydrogen) atoms. The minimum Gasteiger partial charge on any atom is -0.503 e. The maximum atomic E-state index is 12.8. The zero-order valence-corrected chi connectivity index (χ0v) is 15.9. The van der Waals surface area contributed by atoms with E-state index in [-0.39, 0.29) is 17.7 Å². The van der Waals surface area contributed by atoms with Crippen LogP contribution in [0.2, 0.25) is 0 Å². The first-order valence-corrected chi connectivity index (χ1v) is 10.1. The Morgan fingerprint density at radius 3 is 2.81 bits per heavy atom. The molecule has 1 unspecified atom stereocenters. The largest absolute Gasteiger partial charge is 0.503 e. The van der Waals surface area contributed by atoms with Crippen molar-refractivity contribution < 1.29 is 9.90 Å². The first-order valence-electron chi connectivity index (χ1n) is 10.1. The van der Waals surface area contributed by atoms with E-state index in [0.29, 0.717) is 6.54 Å². The number of hydrogen-bond acceptors (Lipinski definition) is 3. The summed E-state index contributed by atoms with van der Waals surface area (Å²) >= 11 is 0. The van der Waals surface area contributed by atoms with Gasteiger partial charge in [0.25, 0.3) is 5.91 Å². The highest BCUT2D eigenvalue weighted by molar-refractivity contribution is 5.96. The summed E-state index contributed by atoms with van der Waals surface area (Å²) in [5, 5.41) is 10.6. The Labute approximate surface area is 156 Å². The van der Waals surface area contributed by atoms with Crippen molar-refractivity contribution in [3.63, 3.8) is 0 Å². The molecule has 1 amide bonds. The minimum atomic E-state index is -0.182. The van der Waals surface area contributed by atoms with Crippen LogP contribution in [-0.4, -0.2) is 38.1 Å². The number of unbranched alkanes of at least 4 members (excludes halogenated alkanes) is 2. The van der Waals surface area contributed by atoms with Gasteiger partial charge >= 0.3 is 0 Å². The first kappa shape index (κ1) is 18.7. The summed E-state index contributed by atoms with van der Waals surface area (Å²) in [6.07, 6.45) is 17.4. The van der Waals surface area contributed by atoms with Crippen LogP contribution in [-0.2, 0) is 11.3 Å². The molecule has 3 rings (SSSR count). The lowest BCUT2D eigenvalue weighted by Crippen LogP contribution is -2.38. The number of rotatable bonds is 9.